The molecule has 1 aliphatic rings. The minimum atomic E-state index is -3.06. The Balaban J connectivity index is 2.05. The van der Waals surface area contributed by atoms with Gasteiger partial charge in [0.05, 0.1) is 11.0 Å². The molecule has 0 aliphatic carbocycles. The first-order valence-electron chi connectivity index (χ1n) is 5.69. The number of rotatable bonds is 4. The second-order valence-corrected chi connectivity index (χ2v) is 8.23. The summed E-state index contributed by atoms with van der Waals surface area (Å²) in [6.07, 6.45) is 0.845. The summed E-state index contributed by atoms with van der Waals surface area (Å²) in [4.78, 5) is 1.22. The minimum Gasteiger partial charge on any atom is -0.329 e. The van der Waals surface area contributed by atoms with Gasteiger partial charge in [-0.2, -0.15) is 0 Å². The van der Waals surface area contributed by atoms with Gasteiger partial charge >= 0.3 is 0 Å². The first-order valence-corrected chi connectivity index (χ1v) is 8.28. The molecule has 1 heterocycles. The third-order valence-electron chi connectivity index (χ3n) is 3.08. The Morgan fingerprint density at radius 3 is 2.82 bits per heavy atom. The van der Waals surface area contributed by atoms with E-state index in [9.17, 15) is 8.42 Å². The van der Waals surface area contributed by atoms with Gasteiger partial charge in [0.2, 0.25) is 0 Å². The first kappa shape index (κ1) is 12.9. The quantitative estimate of drug-likeness (QED) is 0.901. The molecular weight excluding hydrogens is 254 g/mol. The van der Waals surface area contributed by atoms with Crippen molar-refractivity contribution in [2.24, 2.45) is 5.73 Å². The molecule has 0 fully saturated rings. The molecule has 94 valence electrons. The van der Waals surface area contributed by atoms with Crippen molar-refractivity contribution >= 4 is 21.6 Å². The summed E-state index contributed by atoms with van der Waals surface area (Å²) in [6.45, 7) is 1.88. The summed E-state index contributed by atoms with van der Waals surface area (Å²) in [5, 5.41) is -0.293. The Morgan fingerprint density at radius 2 is 2.18 bits per heavy atom. The zero-order valence-electron chi connectivity index (χ0n) is 9.80. The molecule has 2 N–H and O–H groups in total. The van der Waals surface area contributed by atoms with Gasteiger partial charge in [-0.1, -0.05) is 18.2 Å². The van der Waals surface area contributed by atoms with E-state index < -0.39 is 15.1 Å². The predicted octanol–water partition coefficient (Wildman–Crippen LogP) is 1.47. The van der Waals surface area contributed by atoms with Crippen LogP contribution < -0.4 is 5.73 Å². The normalized spacial score (nSPS) is 21.2. The molecule has 0 saturated carbocycles. The van der Waals surface area contributed by atoms with Gasteiger partial charge in [0, 0.05) is 16.7 Å². The van der Waals surface area contributed by atoms with Crippen LogP contribution in [-0.4, -0.2) is 31.2 Å². The summed E-state index contributed by atoms with van der Waals surface area (Å²) in [7, 11) is -3.06. The zero-order chi connectivity index (χ0) is 12.5. The number of fused-ring (bicyclic) bond motifs is 1. The zero-order valence-corrected chi connectivity index (χ0v) is 11.4. The maximum atomic E-state index is 12.0. The minimum absolute atomic E-state index is 0.145. The van der Waals surface area contributed by atoms with E-state index >= 15 is 0 Å². The molecule has 1 aliphatic heterocycles. The molecule has 1 aromatic carbocycles. The molecule has 17 heavy (non-hydrogen) atoms. The molecule has 0 amide bonds. The maximum Gasteiger partial charge on any atom is 0.155 e. The number of hydrogen-bond donors (Lipinski definition) is 1. The number of nitrogens with two attached hydrogens (primary N) is 1. The van der Waals surface area contributed by atoms with E-state index in [4.69, 9.17) is 5.73 Å². The van der Waals surface area contributed by atoms with Gasteiger partial charge < -0.3 is 5.73 Å². The first-order chi connectivity index (χ1) is 8.03. The van der Waals surface area contributed by atoms with Crippen molar-refractivity contribution in [1.82, 2.24) is 0 Å². The summed E-state index contributed by atoms with van der Waals surface area (Å²) in [5.74, 6) is 0.227. The van der Waals surface area contributed by atoms with Crippen molar-refractivity contribution in [2.45, 2.75) is 28.7 Å². The third-order valence-corrected chi connectivity index (χ3v) is 6.89. The van der Waals surface area contributed by atoms with Crippen molar-refractivity contribution in [3.8, 4) is 0 Å². The lowest BCUT2D eigenvalue weighted by Crippen LogP contribution is -2.32. The summed E-state index contributed by atoms with van der Waals surface area (Å²) in [5.41, 5.74) is 6.69. The second-order valence-electron chi connectivity index (χ2n) is 4.43. The van der Waals surface area contributed by atoms with Crippen molar-refractivity contribution < 1.29 is 8.42 Å². The molecule has 2 unspecified atom stereocenters. The van der Waals surface area contributed by atoms with Crippen LogP contribution in [0.25, 0.3) is 0 Å². The Hall–Kier alpha value is -0.520. The van der Waals surface area contributed by atoms with Crippen LogP contribution in [0.15, 0.2) is 29.2 Å². The summed E-state index contributed by atoms with van der Waals surface area (Å²) < 4.78 is 24.0. The monoisotopic (exact) mass is 271 g/mol. The molecule has 0 aromatic heterocycles. The number of sulfone groups is 1. The molecule has 1 aromatic rings. The standard InChI is InChI=1S/C12H17NO2S2/c1-9(7-13)17(14,15)8-11-6-10-4-2-3-5-12(10)16-11/h2-5,9,11H,6-8,13H2,1H3. The van der Waals surface area contributed by atoms with Gasteiger partial charge in [-0.3, -0.25) is 0 Å². The largest absolute Gasteiger partial charge is 0.329 e. The number of hydrogen-bond acceptors (Lipinski definition) is 4. The molecule has 0 bridgehead atoms. The molecule has 0 spiro atoms. The van der Waals surface area contributed by atoms with Gasteiger partial charge in [0.15, 0.2) is 9.84 Å². The SMILES string of the molecule is CC(CN)S(=O)(=O)CC1Cc2ccccc2S1. The van der Waals surface area contributed by atoms with Crippen molar-refractivity contribution in [1.29, 1.82) is 0 Å². The van der Waals surface area contributed by atoms with Crippen LogP contribution in [0.4, 0.5) is 0 Å². The van der Waals surface area contributed by atoms with Crippen LogP contribution in [0.1, 0.15) is 12.5 Å². The van der Waals surface area contributed by atoms with Crippen LogP contribution in [0.3, 0.4) is 0 Å². The fourth-order valence-corrected chi connectivity index (χ4v) is 5.10. The van der Waals surface area contributed by atoms with E-state index in [1.165, 1.54) is 10.5 Å². The maximum absolute atomic E-state index is 12.0. The van der Waals surface area contributed by atoms with Gasteiger partial charge in [-0.25, -0.2) is 8.42 Å². The Labute approximate surface area is 107 Å². The highest BCUT2D eigenvalue weighted by molar-refractivity contribution is 8.01. The van der Waals surface area contributed by atoms with Crippen LogP contribution in [0, 0.1) is 0 Å². The Kier molecular flexibility index (Phi) is 3.80. The lowest BCUT2D eigenvalue weighted by Gasteiger charge is -2.13. The Bertz CT molecular complexity index is 474. The number of thioether (sulfide) groups is 1. The van der Waals surface area contributed by atoms with E-state index in [-0.39, 0.29) is 17.5 Å². The van der Waals surface area contributed by atoms with Gasteiger partial charge in [-0.05, 0) is 25.0 Å². The fraction of sp³-hybridized carbons (Fsp3) is 0.500. The average Bonchev–Trinajstić information content (AvgIpc) is 2.68. The van der Waals surface area contributed by atoms with Crippen LogP contribution in [-0.2, 0) is 16.3 Å². The van der Waals surface area contributed by atoms with Crippen LogP contribution in [0.2, 0.25) is 0 Å². The molecule has 0 saturated heterocycles. The predicted molar refractivity (Wildman–Crippen MR) is 72.1 cm³/mol. The lowest BCUT2D eigenvalue weighted by atomic mass is 10.1. The smallest absolute Gasteiger partial charge is 0.155 e. The lowest BCUT2D eigenvalue weighted by molar-refractivity contribution is 0.582. The van der Waals surface area contributed by atoms with E-state index in [0.29, 0.717) is 0 Å². The summed E-state index contributed by atoms with van der Waals surface area (Å²) >= 11 is 1.67. The molecular formula is C12H17NO2S2. The summed E-state index contributed by atoms with van der Waals surface area (Å²) in [6, 6.07) is 8.12. The van der Waals surface area contributed by atoms with Crippen molar-refractivity contribution in [3.63, 3.8) is 0 Å². The van der Waals surface area contributed by atoms with E-state index in [2.05, 4.69) is 12.1 Å². The Morgan fingerprint density at radius 1 is 1.47 bits per heavy atom. The van der Waals surface area contributed by atoms with Crippen LogP contribution in [0.5, 0.6) is 0 Å². The molecule has 3 nitrogen and oxygen atoms in total. The van der Waals surface area contributed by atoms with E-state index in [1.807, 2.05) is 12.1 Å². The van der Waals surface area contributed by atoms with Gasteiger partial charge in [-0.15, -0.1) is 11.8 Å². The second kappa shape index (κ2) is 5.00. The molecule has 5 heteroatoms. The highest BCUT2D eigenvalue weighted by atomic mass is 32.2. The van der Waals surface area contributed by atoms with E-state index in [1.54, 1.807) is 18.7 Å². The average molecular weight is 271 g/mol. The molecule has 2 rings (SSSR count). The molecule has 2 atom stereocenters. The van der Waals surface area contributed by atoms with Crippen LogP contribution >= 0.6 is 11.8 Å². The molecule has 0 radical (unpaired) electrons. The third kappa shape index (κ3) is 2.84. The van der Waals surface area contributed by atoms with Crippen molar-refractivity contribution in [3.05, 3.63) is 29.8 Å². The topological polar surface area (TPSA) is 60.2 Å². The number of benzene rings is 1. The highest BCUT2D eigenvalue weighted by Gasteiger charge is 2.29. The van der Waals surface area contributed by atoms with Crippen molar-refractivity contribution in [2.75, 3.05) is 12.3 Å². The van der Waals surface area contributed by atoms with Gasteiger partial charge in [0.1, 0.15) is 0 Å². The van der Waals surface area contributed by atoms with E-state index in [0.717, 1.165) is 6.42 Å². The highest BCUT2D eigenvalue weighted by Crippen LogP contribution is 2.37. The van der Waals surface area contributed by atoms with Gasteiger partial charge in [0.25, 0.3) is 0 Å². The fourth-order valence-electron chi connectivity index (χ4n) is 1.92.